The zero-order chi connectivity index (χ0) is 13.2. The normalized spacial score (nSPS) is 20.0. The van der Waals surface area contributed by atoms with Gasteiger partial charge in [0.25, 0.3) is 0 Å². The van der Waals surface area contributed by atoms with Crippen LogP contribution < -0.4 is 5.73 Å². The first kappa shape index (κ1) is 12.4. The van der Waals surface area contributed by atoms with E-state index in [1.54, 1.807) is 0 Å². The number of aromatic nitrogens is 2. The first-order valence-electron chi connectivity index (χ1n) is 6.77. The van der Waals surface area contributed by atoms with Gasteiger partial charge in [-0.1, -0.05) is 24.3 Å². The molecule has 0 saturated heterocycles. The Morgan fingerprint density at radius 3 is 3.11 bits per heavy atom. The zero-order valence-corrected chi connectivity index (χ0v) is 11.1. The lowest BCUT2D eigenvalue weighted by molar-refractivity contribution is 0.0241. The molecule has 0 fully saturated rings. The molecular weight excluding hydrogens is 238 g/mol. The quantitative estimate of drug-likeness (QED) is 0.917. The van der Waals surface area contributed by atoms with Crippen molar-refractivity contribution >= 4 is 0 Å². The molecule has 1 aromatic carbocycles. The lowest BCUT2D eigenvalue weighted by Crippen LogP contribution is -2.27. The summed E-state index contributed by atoms with van der Waals surface area (Å²) < 4.78 is 7.79. The van der Waals surface area contributed by atoms with E-state index in [0.29, 0.717) is 0 Å². The lowest BCUT2D eigenvalue weighted by atomic mass is 9.91. The number of rotatable bonds is 3. The molecule has 4 heteroatoms. The molecule has 0 saturated carbocycles. The average Bonchev–Trinajstić information content (AvgIpc) is 2.95. The van der Waals surface area contributed by atoms with Crippen molar-refractivity contribution < 1.29 is 4.74 Å². The minimum absolute atomic E-state index is 0.0699. The van der Waals surface area contributed by atoms with Gasteiger partial charge in [0.1, 0.15) is 6.10 Å². The third kappa shape index (κ3) is 2.29. The Morgan fingerprint density at radius 2 is 2.32 bits per heavy atom. The van der Waals surface area contributed by atoms with Gasteiger partial charge in [0, 0.05) is 18.3 Å². The van der Waals surface area contributed by atoms with Crippen LogP contribution in [0.15, 0.2) is 36.7 Å². The van der Waals surface area contributed by atoms with Crippen LogP contribution in [-0.2, 0) is 17.7 Å². The molecule has 2 unspecified atom stereocenters. The standard InChI is InChI=1S/C15H19N3O/c1-2-18-10-12(9-17-18)14(16)15-13-6-4-3-5-11(13)7-8-19-15/h3-6,9-10,14-15H,2,7-8,16H2,1H3. The van der Waals surface area contributed by atoms with Gasteiger partial charge in [-0.05, 0) is 24.5 Å². The highest BCUT2D eigenvalue weighted by Crippen LogP contribution is 2.35. The van der Waals surface area contributed by atoms with Crippen LogP contribution in [-0.4, -0.2) is 16.4 Å². The highest BCUT2D eigenvalue weighted by Gasteiger charge is 2.28. The molecule has 2 heterocycles. The first-order valence-corrected chi connectivity index (χ1v) is 6.77. The van der Waals surface area contributed by atoms with Gasteiger partial charge in [0.05, 0.1) is 18.8 Å². The second-order valence-electron chi connectivity index (χ2n) is 4.90. The number of ether oxygens (including phenoxy) is 1. The minimum atomic E-state index is -0.165. The SMILES string of the molecule is CCn1cc(C(N)C2OCCc3ccccc32)cn1. The Morgan fingerprint density at radius 1 is 1.47 bits per heavy atom. The Balaban J connectivity index is 1.90. The maximum atomic E-state index is 6.37. The number of hydrogen-bond acceptors (Lipinski definition) is 3. The monoisotopic (exact) mass is 257 g/mol. The number of fused-ring (bicyclic) bond motifs is 1. The van der Waals surface area contributed by atoms with Crippen LogP contribution in [0.1, 0.15) is 35.8 Å². The van der Waals surface area contributed by atoms with Gasteiger partial charge < -0.3 is 10.5 Å². The second-order valence-corrected chi connectivity index (χ2v) is 4.90. The van der Waals surface area contributed by atoms with E-state index in [1.807, 2.05) is 23.1 Å². The van der Waals surface area contributed by atoms with Crippen LogP contribution in [0.5, 0.6) is 0 Å². The molecule has 3 rings (SSSR count). The maximum Gasteiger partial charge on any atom is 0.102 e. The van der Waals surface area contributed by atoms with E-state index in [4.69, 9.17) is 10.5 Å². The smallest absolute Gasteiger partial charge is 0.102 e. The van der Waals surface area contributed by atoms with Crippen molar-refractivity contribution in [2.75, 3.05) is 6.61 Å². The van der Waals surface area contributed by atoms with E-state index >= 15 is 0 Å². The van der Waals surface area contributed by atoms with Crippen molar-refractivity contribution in [2.24, 2.45) is 5.73 Å². The predicted octanol–water partition coefficient (Wildman–Crippen LogP) is 2.22. The molecule has 1 aliphatic heterocycles. The minimum Gasteiger partial charge on any atom is -0.371 e. The molecular formula is C15H19N3O. The fourth-order valence-corrected chi connectivity index (χ4v) is 2.62. The molecule has 19 heavy (non-hydrogen) atoms. The van der Waals surface area contributed by atoms with Crippen molar-refractivity contribution in [2.45, 2.75) is 32.0 Å². The molecule has 4 nitrogen and oxygen atoms in total. The second kappa shape index (κ2) is 5.15. The summed E-state index contributed by atoms with van der Waals surface area (Å²) in [6.07, 6.45) is 4.74. The number of nitrogens with two attached hydrogens (primary N) is 1. The third-order valence-corrected chi connectivity index (χ3v) is 3.72. The van der Waals surface area contributed by atoms with Gasteiger partial charge >= 0.3 is 0 Å². The van der Waals surface area contributed by atoms with Gasteiger partial charge in [-0.25, -0.2) is 0 Å². The fourth-order valence-electron chi connectivity index (χ4n) is 2.62. The van der Waals surface area contributed by atoms with Crippen molar-refractivity contribution in [3.63, 3.8) is 0 Å². The van der Waals surface area contributed by atoms with E-state index in [1.165, 1.54) is 11.1 Å². The Labute approximate surface area is 113 Å². The summed E-state index contributed by atoms with van der Waals surface area (Å²) in [6.45, 7) is 3.65. The third-order valence-electron chi connectivity index (χ3n) is 3.72. The van der Waals surface area contributed by atoms with Crippen molar-refractivity contribution in [3.8, 4) is 0 Å². The zero-order valence-electron chi connectivity index (χ0n) is 11.1. The van der Waals surface area contributed by atoms with Crippen LogP contribution in [0.4, 0.5) is 0 Å². The molecule has 0 bridgehead atoms. The maximum absolute atomic E-state index is 6.37. The van der Waals surface area contributed by atoms with Crippen LogP contribution in [0.25, 0.3) is 0 Å². The first-order chi connectivity index (χ1) is 9.29. The van der Waals surface area contributed by atoms with Crippen molar-refractivity contribution in [1.82, 2.24) is 9.78 Å². The summed E-state index contributed by atoms with van der Waals surface area (Å²) in [5.41, 5.74) is 9.96. The average molecular weight is 257 g/mol. The molecule has 100 valence electrons. The summed E-state index contributed by atoms with van der Waals surface area (Å²) in [7, 11) is 0. The molecule has 1 aromatic heterocycles. The fraction of sp³-hybridized carbons (Fsp3) is 0.400. The van der Waals surface area contributed by atoms with Crippen LogP contribution in [0.3, 0.4) is 0 Å². The molecule has 0 amide bonds. The lowest BCUT2D eigenvalue weighted by Gasteiger charge is -2.30. The van der Waals surface area contributed by atoms with Gasteiger partial charge in [-0.15, -0.1) is 0 Å². The highest BCUT2D eigenvalue weighted by molar-refractivity contribution is 5.33. The van der Waals surface area contributed by atoms with Crippen LogP contribution in [0, 0.1) is 0 Å². The summed E-state index contributed by atoms with van der Waals surface area (Å²) in [5, 5.41) is 4.29. The predicted molar refractivity (Wildman–Crippen MR) is 73.7 cm³/mol. The number of benzene rings is 1. The highest BCUT2D eigenvalue weighted by atomic mass is 16.5. The number of nitrogens with zero attached hydrogens (tertiary/aromatic N) is 2. The summed E-state index contributed by atoms with van der Waals surface area (Å²) in [4.78, 5) is 0. The molecule has 0 spiro atoms. The van der Waals surface area contributed by atoms with E-state index in [-0.39, 0.29) is 12.1 Å². The van der Waals surface area contributed by atoms with E-state index in [0.717, 1.165) is 25.1 Å². The Kier molecular flexibility index (Phi) is 3.36. The molecule has 2 atom stereocenters. The van der Waals surface area contributed by atoms with Crippen molar-refractivity contribution in [3.05, 3.63) is 53.3 Å². The Bertz CT molecular complexity index is 564. The molecule has 0 aliphatic carbocycles. The van der Waals surface area contributed by atoms with Gasteiger partial charge in [-0.3, -0.25) is 4.68 Å². The van der Waals surface area contributed by atoms with Gasteiger partial charge in [0.2, 0.25) is 0 Å². The van der Waals surface area contributed by atoms with Gasteiger partial charge in [-0.2, -0.15) is 5.10 Å². The molecule has 2 N–H and O–H groups in total. The van der Waals surface area contributed by atoms with E-state index in [9.17, 15) is 0 Å². The Hall–Kier alpha value is -1.65. The largest absolute Gasteiger partial charge is 0.371 e. The molecule has 1 aliphatic rings. The van der Waals surface area contributed by atoms with Crippen molar-refractivity contribution in [1.29, 1.82) is 0 Å². The summed E-state index contributed by atoms with van der Waals surface area (Å²) in [5.74, 6) is 0. The summed E-state index contributed by atoms with van der Waals surface area (Å²) >= 11 is 0. The number of hydrogen-bond donors (Lipinski definition) is 1. The van der Waals surface area contributed by atoms with Gasteiger partial charge in [0.15, 0.2) is 0 Å². The molecule has 2 aromatic rings. The van der Waals surface area contributed by atoms with Crippen LogP contribution >= 0.6 is 0 Å². The number of aryl methyl sites for hydroxylation is 1. The molecule has 0 radical (unpaired) electrons. The van der Waals surface area contributed by atoms with E-state index < -0.39 is 0 Å². The summed E-state index contributed by atoms with van der Waals surface area (Å²) in [6, 6.07) is 8.22. The topological polar surface area (TPSA) is 53.1 Å². The van der Waals surface area contributed by atoms with Crippen LogP contribution in [0.2, 0.25) is 0 Å². The van der Waals surface area contributed by atoms with E-state index in [2.05, 4.69) is 30.2 Å².